The van der Waals surface area contributed by atoms with E-state index in [0.717, 1.165) is 12.1 Å². The number of nitrogens with two attached hydrogens (primary N) is 1. The molecule has 134 valence electrons. The summed E-state index contributed by atoms with van der Waals surface area (Å²) in [5, 5.41) is 5.68. The molecule has 0 bridgehead atoms. The van der Waals surface area contributed by atoms with Gasteiger partial charge in [0.2, 0.25) is 10.0 Å². The molecule has 0 aliphatic heterocycles. The van der Waals surface area contributed by atoms with Crippen LogP contribution in [0.25, 0.3) is 22.3 Å². The lowest BCUT2D eigenvalue weighted by Gasteiger charge is -2.12. The lowest BCUT2D eigenvalue weighted by atomic mass is 9.94. The van der Waals surface area contributed by atoms with Crippen molar-refractivity contribution in [3.05, 3.63) is 76.3 Å². The molecule has 0 spiro atoms. The summed E-state index contributed by atoms with van der Waals surface area (Å²) in [6.07, 6.45) is 0. The van der Waals surface area contributed by atoms with Gasteiger partial charge in [0.25, 0.3) is 0 Å². The highest BCUT2D eigenvalue weighted by molar-refractivity contribution is 7.89. The van der Waals surface area contributed by atoms with Gasteiger partial charge in [0.05, 0.1) is 14.9 Å². The zero-order valence-electron chi connectivity index (χ0n) is 13.0. The van der Waals surface area contributed by atoms with Crippen LogP contribution in [0.4, 0.5) is 8.78 Å². The zero-order chi connectivity index (χ0) is 19.1. The van der Waals surface area contributed by atoms with Crippen molar-refractivity contribution >= 4 is 33.2 Å². The van der Waals surface area contributed by atoms with Crippen LogP contribution in [0.1, 0.15) is 0 Å². The van der Waals surface area contributed by atoms with Crippen LogP contribution in [0.15, 0.2) is 59.5 Å². The maximum absolute atomic E-state index is 13.8. The molecular formula is C18H11Cl2F2NO2S. The monoisotopic (exact) mass is 413 g/mol. The summed E-state index contributed by atoms with van der Waals surface area (Å²) in [5.74, 6) is -2.05. The van der Waals surface area contributed by atoms with Crippen LogP contribution in [0.2, 0.25) is 10.0 Å². The van der Waals surface area contributed by atoms with Crippen LogP contribution in [0.5, 0.6) is 0 Å². The van der Waals surface area contributed by atoms with Crippen LogP contribution in [-0.4, -0.2) is 8.42 Å². The fraction of sp³-hybridized carbons (Fsp3) is 0. The van der Waals surface area contributed by atoms with Gasteiger partial charge in [-0.2, -0.15) is 0 Å². The van der Waals surface area contributed by atoms with Crippen molar-refractivity contribution in [1.82, 2.24) is 0 Å². The first-order valence-electron chi connectivity index (χ1n) is 7.24. The van der Waals surface area contributed by atoms with Crippen LogP contribution in [-0.2, 0) is 10.0 Å². The van der Waals surface area contributed by atoms with E-state index in [4.69, 9.17) is 28.3 Å². The molecule has 0 aromatic heterocycles. The third-order valence-corrected chi connectivity index (χ3v) is 5.45. The molecule has 3 aromatic carbocycles. The summed E-state index contributed by atoms with van der Waals surface area (Å²) < 4.78 is 50.4. The number of primary sulfonamides is 1. The smallest absolute Gasteiger partial charge is 0.225 e. The van der Waals surface area contributed by atoms with E-state index in [1.807, 2.05) is 0 Å². The Hall–Kier alpha value is -1.99. The van der Waals surface area contributed by atoms with Gasteiger partial charge in [-0.3, -0.25) is 0 Å². The third kappa shape index (κ3) is 3.73. The molecule has 0 saturated heterocycles. The fourth-order valence-electron chi connectivity index (χ4n) is 2.51. The molecule has 0 saturated carbocycles. The van der Waals surface area contributed by atoms with E-state index in [-0.39, 0.29) is 9.92 Å². The van der Waals surface area contributed by atoms with Gasteiger partial charge in [-0.25, -0.2) is 22.3 Å². The van der Waals surface area contributed by atoms with Crippen molar-refractivity contribution in [2.45, 2.75) is 4.90 Å². The molecule has 0 amide bonds. The lowest BCUT2D eigenvalue weighted by molar-refractivity contribution is 0.509. The fourth-order valence-corrected chi connectivity index (χ4v) is 3.33. The number of sulfonamides is 1. The summed E-state index contributed by atoms with van der Waals surface area (Å²) in [4.78, 5) is -0.0834. The lowest BCUT2D eigenvalue weighted by Crippen LogP contribution is -2.11. The summed E-state index contributed by atoms with van der Waals surface area (Å²) in [6.45, 7) is 0. The highest BCUT2D eigenvalue weighted by Gasteiger charge is 2.15. The van der Waals surface area contributed by atoms with Crippen LogP contribution in [0.3, 0.4) is 0 Å². The average Bonchev–Trinajstić information content (AvgIpc) is 2.59. The van der Waals surface area contributed by atoms with Crippen molar-refractivity contribution in [2.75, 3.05) is 0 Å². The van der Waals surface area contributed by atoms with Gasteiger partial charge in [-0.1, -0.05) is 41.4 Å². The zero-order valence-corrected chi connectivity index (χ0v) is 15.3. The van der Waals surface area contributed by atoms with Crippen LogP contribution in [0, 0.1) is 11.6 Å². The Morgan fingerprint density at radius 2 is 1.23 bits per heavy atom. The van der Waals surface area contributed by atoms with Gasteiger partial charge < -0.3 is 0 Å². The Morgan fingerprint density at radius 3 is 1.73 bits per heavy atom. The maximum Gasteiger partial charge on any atom is 0.238 e. The van der Waals surface area contributed by atoms with E-state index in [0.29, 0.717) is 27.3 Å². The number of halogens is 4. The molecule has 0 aliphatic carbocycles. The molecule has 3 aromatic rings. The molecule has 0 heterocycles. The summed E-state index contributed by atoms with van der Waals surface area (Å²) >= 11 is 11.9. The van der Waals surface area contributed by atoms with Gasteiger partial charge in [-0.05, 0) is 58.7 Å². The molecule has 0 atom stereocenters. The molecule has 3 rings (SSSR count). The first-order valence-corrected chi connectivity index (χ1v) is 9.55. The Labute approximate surface area is 159 Å². The second-order valence-electron chi connectivity index (χ2n) is 5.51. The molecule has 8 heteroatoms. The van der Waals surface area contributed by atoms with Crippen molar-refractivity contribution < 1.29 is 17.2 Å². The van der Waals surface area contributed by atoms with E-state index in [9.17, 15) is 17.2 Å². The molecule has 0 radical (unpaired) electrons. The second-order valence-corrected chi connectivity index (χ2v) is 7.89. The standard InChI is InChI=1S/C18H11Cl2F2NO2S/c19-15-6-3-11(7-16(15)20)14-9-18(22)17(21)8-13(14)10-1-4-12(5-2-10)26(23,24)25/h1-9H,(H2,23,24,25). The minimum atomic E-state index is -3.86. The first kappa shape index (κ1) is 18.8. The maximum atomic E-state index is 13.8. The van der Waals surface area contributed by atoms with Crippen molar-refractivity contribution in [3.8, 4) is 22.3 Å². The molecule has 0 unspecified atom stereocenters. The van der Waals surface area contributed by atoms with E-state index in [1.54, 1.807) is 18.2 Å². The number of rotatable bonds is 3. The summed E-state index contributed by atoms with van der Waals surface area (Å²) in [5.41, 5.74) is 1.76. The SMILES string of the molecule is NS(=O)(=O)c1ccc(-c2cc(F)c(F)cc2-c2ccc(Cl)c(Cl)c2)cc1. The predicted molar refractivity (Wildman–Crippen MR) is 98.6 cm³/mol. The summed E-state index contributed by atoms with van der Waals surface area (Å²) in [6, 6.07) is 12.3. The predicted octanol–water partition coefficient (Wildman–Crippen LogP) is 5.25. The minimum absolute atomic E-state index is 0.0834. The van der Waals surface area contributed by atoms with E-state index < -0.39 is 21.7 Å². The van der Waals surface area contributed by atoms with Gasteiger partial charge in [-0.15, -0.1) is 0 Å². The molecule has 2 N–H and O–H groups in total. The van der Waals surface area contributed by atoms with E-state index in [2.05, 4.69) is 0 Å². The van der Waals surface area contributed by atoms with E-state index >= 15 is 0 Å². The molecule has 0 aliphatic rings. The topological polar surface area (TPSA) is 60.2 Å². The minimum Gasteiger partial charge on any atom is -0.225 e. The quantitative estimate of drug-likeness (QED) is 0.636. The number of hydrogen-bond acceptors (Lipinski definition) is 2. The molecule has 0 fully saturated rings. The van der Waals surface area contributed by atoms with Crippen molar-refractivity contribution in [3.63, 3.8) is 0 Å². The third-order valence-electron chi connectivity index (χ3n) is 3.78. The Bertz CT molecular complexity index is 1100. The van der Waals surface area contributed by atoms with E-state index in [1.165, 1.54) is 24.3 Å². The number of benzene rings is 3. The molecular weight excluding hydrogens is 403 g/mol. The van der Waals surface area contributed by atoms with Crippen molar-refractivity contribution in [1.29, 1.82) is 0 Å². The van der Waals surface area contributed by atoms with Gasteiger partial charge in [0.1, 0.15) is 0 Å². The summed E-state index contributed by atoms with van der Waals surface area (Å²) in [7, 11) is -3.86. The van der Waals surface area contributed by atoms with Gasteiger partial charge in [0, 0.05) is 0 Å². The normalized spacial score (nSPS) is 11.6. The Morgan fingerprint density at radius 1 is 0.731 bits per heavy atom. The number of hydrogen-bond donors (Lipinski definition) is 1. The Balaban J connectivity index is 2.20. The van der Waals surface area contributed by atoms with Gasteiger partial charge >= 0.3 is 0 Å². The van der Waals surface area contributed by atoms with Crippen LogP contribution >= 0.6 is 23.2 Å². The molecule has 3 nitrogen and oxygen atoms in total. The second kappa shape index (κ2) is 6.96. The largest absolute Gasteiger partial charge is 0.238 e. The molecule has 26 heavy (non-hydrogen) atoms. The average molecular weight is 414 g/mol. The van der Waals surface area contributed by atoms with Gasteiger partial charge in [0.15, 0.2) is 11.6 Å². The first-order chi connectivity index (χ1) is 12.2. The van der Waals surface area contributed by atoms with Crippen molar-refractivity contribution in [2.24, 2.45) is 5.14 Å². The van der Waals surface area contributed by atoms with Crippen LogP contribution < -0.4 is 5.14 Å². The highest BCUT2D eigenvalue weighted by Crippen LogP contribution is 2.36. The highest BCUT2D eigenvalue weighted by atomic mass is 35.5. The Kier molecular flexibility index (Phi) is 5.03.